The maximum atomic E-state index is 13.1. The molecule has 1 amide bonds. The van der Waals surface area contributed by atoms with Crippen molar-refractivity contribution in [3.8, 4) is 0 Å². The van der Waals surface area contributed by atoms with E-state index in [1.54, 1.807) is 0 Å². The van der Waals surface area contributed by atoms with E-state index in [0.29, 0.717) is 12.8 Å². The van der Waals surface area contributed by atoms with Crippen LogP contribution in [0.5, 0.6) is 0 Å². The predicted octanol–water partition coefficient (Wildman–Crippen LogP) is 17.5. The lowest BCUT2D eigenvalue weighted by Crippen LogP contribution is -2.60. The van der Waals surface area contributed by atoms with E-state index in [1.165, 1.54) is 283 Å². The van der Waals surface area contributed by atoms with Crippen LogP contribution in [0.1, 0.15) is 348 Å². The minimum Gasteiger partial charge on any atom is -0.394 e. The van der Waals surface area contributed by atoms with Crippen molar-refractivity contribution in [1.82, 2.24) is 5.32 Å². The molecule has 7 atom stereocenters. The number of aliphatic hydroxyl groups excluding tert-OH is 5. The van der Waals surface area contributed by atoms with Crippen LogP contribution in [-0.2, 0) is 14.3 Å². The molecule has 0 saturated carbocycles. The van der Waals surface area contributed by atoms with Crippen molar-refractivity contribution in [1.29, 1.82) is 0 Å². The number of rotatable bonds is 59. The zero-order valence-corrected chi connectivity index (χ0v) is 49.8. The monoisotopic (exact) mass is 1060 g/mol. The molecule has 1 saturated heterocycles. The van der Waals surface area contributed by atoms with Gasteiger partial charge in [0.2, 0.25) is 5.91 Å². The van der Waals surface area contributed by atoms with Gasteiger partial charge in [0.1, 0.15) is 24.4 Å². The van der Waals surface area contributed by atoms with Gasteiger partial charge in [-0.3, -0.25) is 4.79 Å². The van der Waals surface area contributed by atoms with Crippen molar-refractivity contribution in [2.45, 2.75) is 391 Å². The van der Waals surface area contributed by atoms with Crippen molar-refractivity contribution in [3.63, 3.8) is 0 Å². The average molecular weight is 1060 g/mol. The second-order valence-electron chi connectivity index (χ2n) is 23.6. The summed E-state index contributed by atoms with van der Waals surface area (Å²) in [7, 11) is 0. The maximum absolute atomic E-state index is 13.1. The Labute approximate surface area is 465 Å². The molecule has 0 radical (unpaired) electrons. The number of aliphatic hydroxyl groups is 5. The van der Waals surface area contributed by atoms with E-state index < -0.39 is 49.5 Å². The normalized spacial score (nSPS) is 18.8. The largest absolute Gasteiger partial charge is 0.394 e. The second-order valence-corrected chi connectivity index (χ2v) is 23.6. The van der Waals surface area contributed by atoms with Crippen LogP contribution in [-0.4, -0.2) is 87.5 Å². The molecule has 9 heteroatoms. The molecular formula is C66H129NO8. The first kappa shape index (κ1) is 71.9. The fraction of sp³-hybridized carbons (Fsp3) is 0.955. The number of carbonyl (C=O) groups excluding carboxylic acids is 1. The summed E-state index contributed by atoms with van der Waals surface area (Å²) in [5.41, 5.74) is 0. The molecule has 1 heterocycles. The smallest absolute Gasteiger partial charge is 0.220 e. The first-order chi connectivity index (χ1) is 36.8. The summed E-state index contributed by atoms with van der Waals surface area (Å²) in [6, 6.07) is -0.717. The van der Waals surface area contributed by atoms with Gasteiger partial charge in [0, 0.05) is 6.42 Å². The topological polar surface area (TPSA) is 149 Å². The predicted molar refractivity (Wildman–Crippen MR) is 318 cm³/mol. The number of ether oxygens (including phenoxy) is 2. The Bertz CT molecular complexity index is 1190. The Morgan fingerprint density at radius 1 is 0.440 bits per heavy atom. The molecular weight excluding hydrogens is 935 g/mol. The number of hydrogen-bond donors (Lipinski definition) is 6. The summed E-state index contributed by atoms with van der Waals surface area (Å²) in [5.74, 6) is -0.137. The summed E-state index contributed by atoms with van der Waals surface area (Å²) in [5, 5.41) is 54.9. The summed E-state index contributed by atoms with van der Waals surface area (Å²) >= 11 is 0. The van der Waals surface area contributed by atoms with Crippen LogP contribution in [0.4, 0.5) is 0 Å². The van der Waals surface area contributed by atoms with E-state index in [2.05, 4.69) is 31.3 Å². The summed E-state index contributed by atoms with van der Waals surface area (Å²) in [4.78, 5) is 13.1. The Balaban J connectivity index is 2.13. The molecule has 0 spiro atoms. The summed E-state index contributed by atoms with van der Waals surface area (Å²) in [6.07, 6.45) is 64.1. The molecule has 0 aromatic rings. The highest BCUT2D eigenvalue weighted by atomic mass is 16.7. The number of unbranched alkanes of at least 4 members (excludes halogenated alkanes) is 47. The van der Waals surface area contributed by atoms with E-state index in [-0.39, 0.29) is 12.5 Å². The number of nitrogens with one attached hydrogen (secondary N) is 1. The number of allylic oxidation sites excluding steroid dienone is 2. The van der Waals surface area contributed by atoms with Gasteiger partial charge in [0.15, 0.2) is 6.29 Å². The van der Waals surface area contributed by atoms with Crippen LogP contribution < -0.4 is 5.32 Å². The fourth-order valence-electron chi connectivity index (χ4n) is 11.1. The molecule has 1 aliphatic rings. The third kappa shape index (κ3) is 45.4. The molecule has 9 nitrogen and oxygen atoms in total. The Morgan fingerprint density at radius 3 is 1.08 bits per heavy atom. The molecule has 1 fully saturated rings. The lowest BCUT2D eigenvalue weighted by atomic mass is 9.99. The van der Waals surface area contributed by atoms with Crippen LogP contribution in [0.25, 0.3) is 0 Å². The van der Waals surface area contributed by atoms with Crippen LogP contribution >= 0.6 is 0 Å². The Hall–Kier alpha value is -1.07. The summed E-state index contributed by atoms with van der Waals surface area (Å²) < 4.78 is 11.4. The quantitative estimate of drug-likeness (QED) is 0.0261. The van der Waals surface area contributed by atoms with Gasteiger partial charge in [0.25, 0.3) is 0 Å². The zero-order valence-electron chi connectivity index (χ0n) is 49.8. The number of amides is 1. The minimum absolute atomic E-state index is 0.133. The van der Waals surface area contributed by atoms with Crippen LogP contribution in [0, 0.1) is 0 Å². The highest BCUT2D eigenvalue weighted by Gasteiger charge is 2.44. The molecule has 0 aromatic heterocycles. The Kier molecular flexibility index (Phi) is 53.9. The van der Waals surface area contributed by atoms with Crippen molar-refractivity contribution >= 4 is 5.91 Å². The van der Waals surface area contributed by atoms with Crippen LogP contribution in [0.3, 0.4) is 0 Å². The first-order valence-corrected chi connectivity index (χ1v) is 33.4. The van der Waals surface area contributed by atoms with Gasteiger partial charge in [-0.05, 0) is 38.5 Å². The molecule has 0 aliphatic carbocycles. The molecule has 7 unspecified atom stereocenters. The summed E-state index contributed by atoms with van der Waals surface area (Å²) in [6.45, 7) is 3.89. The molecule has 1 aliphatic heterocycles. The second kappa shape index (κ2) is 56.2. The lowest BCUT2D eigenvalue weighted by Gasteiger charge is -2.40. The van der Waals surface area contributed by atoms with Crippen LogP contribution in [0.15, 0.2) is 12.2 Å². The lowest BCUT2D eigenvalue weighted by molar-refractivity contribution is -0.302. The highest BCUT2D eigenvalue weighted by molar-refractivity contribution is 5.76. The van der Waals surface area contributed by atoms with Gasteiger partial charge >= 0.3 is 0 Å². The van der Waals surface area contributed by atoms with Gasteiger partial charge in [-0.1, -0.05) is 315 Å². The van der Waals surface area contributed by atoms with E-state index in [0.717, 1.165) is 38.5 Å². The first-order valence-electron chi connectivity index (χ1n) is 33.4. The van der Waals surface area contributed by atoms with E-state index >= 15 is 0 Å². The van der Waals surface area contributed by atoms with E-state index in [9.17, 15) is 30.3 Å². The maximum Gasteiger partial charge on any atom is 0.220 e. The number of hydrogen-bond acceptors (Lipinski definition) is 8. The van der Waals surface area contributed by atoms with Gasteiger partial charge < -0.3 is 40.3 Å². The fourth-order valence-corrected chi connectivity index (χ4v) is 11.1. The molecule has 0 bridgehead atoms. The van der Waals surface area contributed by atoms with Gasteiger partial charge in [-0.15, -0.1) is 0 Å². The SMILES string of the molecule is CCCCCCCCCC/C=C\CCCCCCCCCCCCCCCC(=O)NC(COC1OC(CO)C(O)C(O)C1O)C(O)CCCCCCCCCCCCCCCCCCCCCCCCCCCCC. The average Bonchev–Trinajstić information content (AvgIpc) is 3.41. The van der Waals surface area contributed by atoms with Crippen molar-refractivity contribution in [3.05, 3.63) is 12.2 Å². The van der Waals surface area contributed by atoms with Crippen LogP contribution in [0.2, 0.25) is 0 Å². The van der Waals surface area contributed by atoms with E-state index in [1.807, 2.05) is 0 Å². The van der Waals surface area contributed by atoms with E-state index in [4.69, 9.17) is 9.47 Å². The molecule has 1 rings (SSSR count). The van der Waals surface area contributed by atoms with Gasteiger partial charge in [-0.2, -0.15) is 0 Å². The minimum atomic E-state index is -1.55. The van der Waals surface area contributed by atoms with Gasteiger partial charge in [0.05, 0.1) is 25.4 Å². The van der Waals surface area contributed by atoms with Crippen molar-refractivity contribution < 1.29 is 39.8 Å². The third-order valence-corrected chi connectivity index (χ3v) is 16.4. The molecule has 0 aromatic carbocycles. The molecule has 446 valence electrons. The zero-order chi connectivity index (χ0) is 54.3. The molecule has 75 heavy (non-hydrogen) atoms. The molecule has 6 N–H and O–H groups in total. The van der Waals surface area contributed by atoms with Gasteiger partial charge in [-0.25, -0.2) is 0 Å². The van der Waals surface area contributed by atoms with Crippen molar-refractivity contribution in [2.75, 3.05) is 13.2 Å². The third-order valence-electron chi connectivity index (χ3n) is 16.4. The van der Waals surface area contributed by atoms with Crippen molar-refractivity contribution in [2.24, 2.45) is 0 Å². The standard InChI is InChI=1S/C66H129NO8/c1-3-5-7-9-11-13-15-17-19-21-23-25-27-29-30-32-33-35-37-39-41-43-45-47-49-51-53-55-60(69)59(58-74-66-65(73)64(72)63(71)61(57-68)75-66)67-62(70)56-54-52-50-48-46-44-42-40-38-36-34-31-28-26-24-22-20-18-16-14-12-10-8-6-4-2/h22,24,59-61,63-66,68-69,71-73H,3-21,23,25-58H2,1-2H3,(H,67,70)/b24-22-. The Morgan fingerprint density at radius 2 is 0.747 bits per heavy atom. The highest BCUT2D eigenvalue weighted by Crippen LogP contribution is 2.24. The number of carbonyl (C=O) groups is 1.